The van der Waals surface area contributed by atoms with E-state index in [0.29, 0.717) is 36.0 Å². The van der Waals surface area contributed by atoms with Gasteiger partial charge < -0.3 is 5.11 Å². The number of hydrogen-bond acceptors (Lipinski definition) is 4. The average molecular weight is 434 g/mol. The van der Waals surface area contributed by atoms with E-state index < -0.39 is 5.60 Å². The van der Waals surface area contributed by atoms with Gasteiger partial charge in [-0.25, -0.2) is 0 Å². The van der Waals surface area contributed by atoms with Crippen LogP contribution in [0.15, 0.2) is 24.0 Å². The molecule has 0 bridgehead atoms. The van der Waals surface area contributed by atoms with Crippen molar-refractivity contribution in [2.45, 2.75) is 83.3 Å². The van der Waals surface area contributed by atoms with Crippen LogP contribution in [-0.2, 0) is 11.3 Å². The number of Topliss-reactive ketones (excluding diaryl/α,β-unsaturated/α-hetero) is 1. The molecule has 7 atom stereocenters. The van der Waals surface area contributed by atoms with Gasteiger partial charge in [0.25, 0.3) is 0 Å². The molecule has 32 heavy (non-hydrogen) atoms. The molecule has 5 aliphatic rings. The number of rotatable bonds is 3. The third-order valence-electron chi connectivity index (χ3n) is 9.74. The molecule has 6 rings (SSSR count). The maximum absolute atomic E-state index is 13.2. The van der Waals surface area contributed by atoms with E-state index in [4.69, 9.17) is 0 Å². The highest BCUT2D eigenvalue weighted by molar-refractivity contribution is 5.82. The summed E-state index contributed by atoms with van der Waals surface area (Å²) in [5.74, 6) is 10.2. The molecule has 0 amide bonds. The Morgan fingerprint density at radius 2 is 1.94 bits per heavy atom. The summed E-state index contributed by atoms with van der Waals surface area (Å²) in [5.41, 5.74) is 0.790. The number of aliphatic hydroxyl groups is 1. The Hall–Kier alpha value is -1.93. The lowest BCUT2D eigenvalue weighted by atomic mass is 9.51. The molecule has 0 radical (unpaired) electrons. The van der Waals surface area contributed by atoms with Gasteiger partial charge in [0.05, 0.1) is 12.4 Å². The third-order valence-corrected chi connectivity index (χ3v) is 9.74. The van der Waals surface area contributed by atoms with Crippen molar-refractivity contribution in [2.24, 2.45) is 40.9 Å². The Balaban J connectivity index is 1.18. The molecule has 0 spiro atoms. The van der Waals surface area contributed by atoms with Crippen LogP contribution < -0.4 is 0 Å². The quantitative estimate of drug-likeness (QED) is 0.574. The van der Waals surface area contributed by atoms with Gasteiger partial charge in [-0.3, -0.25) is 4.79 Å². The minimum atomic E-state index is -0.799. The normalized spacial score (nSPS) is 42.7. The molecule has 0 saturated heterocycles. The van der Waals surface area contributed by atoms with Gasteiger partial charge in [0.15, 0.2) is 5.78 Å². The molecule has 4 saturated carbocycles. The number of ketones is 1. The van der Waals surface area contributed by atoms with Crippen LogP contribution in [0.3, 0.4) is 0 Å². The number of nitrogens with zero attached hydrogens (tertiary/aromatic N) is 3. The van der Waals surface area contributed by atoms with Crippen LogP contribution in [0.5, 0.6) is 0 Å². The van der Waals surface area contributed by atoms with Crippen LogP contribution in [0.2, 0.25) is 0 Å². The average Bonchev–Trinajstić information content (AvgIpc) is 3.34. The van der Waals surface area contributed by atoms with Crippen LogP contribution in [0.4, 0.5) is 0 Å². The van der Waals surface area contributed by atoms with Gasteiger partial charge in [-0.2, -0.15) is 15.0 Å². The summed E-state index contributed by atoms with van der Waals surface area (Å²) in [6.07, 6.45) is 16.5. The number of fused-ring (bicyclic) bond motifs is 5. The standard InChI is InChI=1S/C27H35N3O2/c1-26-11-9-21-20-10-13-27(32,12-8-18-2-3-18)16-19(20)4-5-22(21)23(26)6-7-24(26)25(31)17-30-28-14-15-29-30/h4,14-15,18,20-24,32H,2-3,5-7,9-11,13,16-17H2,1H3/t20?,21-,22?,23+,24-,26?,27-/m1/s1. The van der Waals surface area contributed by atoms with E-state index >= 15 is 0 Å². The number of carbonyl (C=O) groups excluding carboxylic acids is 1. The maximum Gasteiger partial charge on any atom is 0.159 e. The molecule has 1 aromatic heterocycles. The number of hydrogen-bond donors (Lipinski definition) is 1. The Kier molecular flexibility index (Phi) is 4.88. The summed E-state index contributed by atoms with van der Waals surface area (Å²) in [5, 5.41) is 19.4. The highest BCUT2D eigenvalue weighted by Crippen LogP contribution is 2.63. The minimum Gasteiger partial charge on any atom is -0.377 e. The highest BCUT2D eigenvalue weighted by Gasteiger charge is 2.57. The molecule has 1 heterocycles. The largest absolute Gasteiger partial charge is 0.377 e. The second kappa shape index (κ2) is 7.55. The van der Waals surface area contributed by atoms with Gasteiger partial charge >= 0.3 is 0 Å². The predicted octanol–water partition coefficient (Wildman–Crippen LogP) is 4.18. The van der Waals surface area contributed by atoms with Gasteiger partial charge in [0.2, 0.25) is 0 Å². The molecule has 0 aromatic carbocycles. The Labute approximate surface area is 191 Å². The first-order valence-electron chi connectivity index (χ1n) is 12.8. The molecule has 5 heteroatoms. The Morgan fingerprint density at radius 3 is 2.72 bits per heavy atom. The fourth-order valence-corrected chi connectivity index (χ4v) is 7.97. The van der Waals surface area contributed by atoms with Crippen molar-refractivity contribution in [1.82, 2.24) is 15.0 Å². The van der Waals surface area contributed by atoms with E-state index in [9.17, 15) is 9.90 Å². The minimum absolute atomic E-state index is 0.113. The van der Waals surface area contributed by atoms with Crippen molar-refractivity contribution in [3.8, 4) is 11.8 Å². The van der Waals surface area contributed by atoms with E-state index in [-0.39, 0.29) is 11.3 Å². The SMILES string of the molecule is CC12CC[C@@H]3C4CC[C@](O)(C#CC5CC5)CC4=CCC3[C@@H]1CC[C@@H]2C(=O)Cn1nccn1. The topological polar surface area (TPSA) is 68.0 Å². The third kappa shape index (κ3) is 3.46. The summed E-state index contributed by atoms with van der Waals surface area (Å²) in [4.78, 5) is 14.7. The van der Waals surface area contributed by atoms with Crippen LogP contribution in [0.25, 0.3) is 0 Å². The van der Waals surface area contributed by atoms with E-state index in [2.05, 4.69) is 35.0 Å². The zero-order valence-corrected chi connectivity index (χ0v) is 19.2. The predicted molar refractivity (Wildman–Crippen MR) is 121 cm³/mol. The van der Waals surface area contributed by atoms with Gasteiger partial charge in [-0.1, -0.05) is 30.4 Å². The molecule has 3 unspecified atom stereocenters. The number of aromatic nitrogens is 3. The van der Waals surface area contributed by atoms with Crippen LogP contribution in [0, 0.1) is 52.8 Å². The van der Waals surface area contributed by atoms with E-state index in [0.717, 1.165) is 44.4 Å². The van der Waals surface area contributed by atoms with E-state index in [1.807, 2.05) is 0 Å². The van der Waals surface area contributed by atoms with Crippen molar-refractivity contribution in [3.05, 3.63) is 24.0 Å². The van der Waals surface area contributed by atoms with E-state index in [1.165, 1.54) is 36.1 Å². The van der Waals surface area contributed by atoms with Crippen molar-refractivity contribution >= 4 is 5.78 Å². The summed E-state index contributed by atoms with van der Waals surface area (Å²) in [7, 11) is 0. The zero-order valence-electron chi connectivity index (χ0n) is 19.2. The molecule has 0 aliphatic heterocycles. The van der Waals surface area contributed by atoms with Gasteiger partial charge in [-0.05, 0) is 86.9 Å². The summed E-state index contributed by atoms with van der Waals surface area (Å²) in [6, 6.07) is 0. The first-order valence-corrected chi connectivity index (χ1v) is 12.8. The molecule has 5 aliphatic carbocycles. The number of carbonyl (C=O) groups is 1. The number of allylic oxidation sites excluding steroid dienone is 1. The molecular formula is C27H35N3O2. The molecule has 5 nitrogen and oxygen atoms in total. The second-order valence-electron chi connectivity index (χ2n) is 11.5. The zero-order chi connectivity index (χ0) is 21.9. The molecular weight excluding hydrogens is 398 g/mol. The Morgan fingerprint density at radius 1 is 1.12 bits per heavy atom. The lowest BCUT2D eigenvalue weighted by Crippen LogP contribution is -2.48. The molecule has 4 fully saturated rings. The Bertz CT molecular complexity index is 984. The van der Waals surface area contributed by atoms with Gasteiger partial charge in [0.1, 0.15) is 12.1 Å². The van der Waals surface area contributed by atoms with Gasteiger partial charge in [0, 0.05) is 18.3 Å². The molecule has 170 valence electrons. The van der Waals surface area contributed by atoms with Crippen molar-refractivity contribution in [3.63, 3.8) is 0 Å². The lowest BCUT2D eigenvalue weighted by molar-refractivity contribution is -0.130. The highest BCUT2D eigenvalue weighted by atomic mass is 16.3. The second-order valence-corrected chi connectivity index (χ2v) is 11.5. The van der Waals surface area contributed by atoms with Crippen LogP contribution in [0.1, 0.15) is 71.1 Å². The summed E-state index contributed by atoms with van der Waals surface area (Å²) in [6.45, 7) is 2.70. The van der Waals surface area contributed by atoms with Crippen LogP contribution >= 0.6 is 0 Å². The van der Waals surface area contributed by atoms with E-state index in [1.54, 1.807) is 12.4 Å². The summed E-state index contributed by atoms with van der Waals surface area (Å²) >= 11 is 0. The first kappa shape index (κ1) is 20.7. The maximum atomic E-state index is 13.2. The fraction of sp³-hybridized carbons (Fsp3) is 0.741. The fourth-order valence-electron chi connectivity index (χ4n) is 7.97. The first-order chi connectivity index (χ1) is 15.5. The van der Waals surface area contributed by atoms with Crippen LogP contribution in [-0.4, -0.2) is 31.5 Å². The van der Waals surface area contributed by atoms with Gasteiger partial charge in [-0.15, -0.1) is 0 Å². The van der Waals surface area contributed by atoms with Crippen molar-refractivity contribution in [2.75, 3.05) is 0 Å². The van der Waals surface area contributed by atoms with Crippen molar-refractivity contribution in [1.29, 1.82) is 0 Å². The lowest BCUT2D eigenvalue weighted by Gasteiger charge is -2.54. The molecule has 1 aromatic rings. The smallest absolute Gasteiger partial charge is 0.159 e. The monoisotopic (exact) mass is 433 g/mol. The van der Waals surface area contributed by atoms with Crippen molar-refractivity contribution < 1.29 is 9.90 Å². The molecule has 1 N–H and O–H groups in total. The summed E-state index contributed by atoms with van der Waals surface area (Å²) < 4.78 is 0.